The van der Waals surface area contributed by atoms with Crippen LogP contribution >= 0.6 is 22.6 Å². The molecule has 0 heterocycles. The van der Waals surface area contributed by atoms with Gasteiger partial charge in [-0.3, -0.25) is 4.39 Å². The normalized spacial score (nSPS) is 10.8. The fourth-order valence-electron chi connectivity index (χ4n) is 1.30. The molecule has 0 fully saturated rings. The average Bonchev–Trinajstić information content (AvgIpc) is 2.27. The van der Waals surface area contributed by atoms with E-state index in [0.717, 1.165) is 40.2 Å². The van der Waals surface area contributed by atoms with E-state index in [0.29, 0.717) is 0 Å². The van der Waals surface area contributed by atoms with Crippen molar-refractivity contribution in [3.05, 3.63) is 33.3 Å². The Morgan fingerprint density at radius 1 is 1.38 bits per heavy atom. The number of benzene rings is 1. The van der Waals surface area contributed by atoms with Gasteiger partial charge >= 0.3 is 0 Å². The zero-order valence-electron chi connectivity index (χ0n) is 9.72. The van der Waals surface area contributed by atoms with Crippen molar-refractivity contribution in [2.24, 2.45) is 0 Å². The van der Waals surface area contributed by atoms with Crippen LogP contribution in [-0.4, -0.2) is 13.3 Å². The van der Waals surface area contributed by atoms with Gasteiger partial charge in [0.25, 0.3) is 0 Å². The monoisotopic (exact) mass is 335 g/mol. The molecule has 1 nitrogen and oxygen atoms in total. The summed E-state index contributed by atoms with van der Waals surface area (Å²) in [5.74, 6) is 1.59. The van der Waals surface area contributed by atoms with Crippen molar-refractivity contribution in [3.8, 4) is 5.75 Å². The summed E-state index contributed by atoms with van der Waals surface area (Å²) >= 11 is 2.23. The van der Waals surface area contributed by atoms with E-state index in [1.54, 1.807) is 6.92 Å². The van der Waals surface area contributed by atoms with Crippen molar-refractivity contribution >= 4 is 22.6 Å². The van der Waals surface area contributed by atoms with Crippen LogP contribution in [0.5, 0.6) is 5.75 Å². The molecule has 0 aromatic heterocycles. The SMILES string of the molecule is CCCCOc1cc(I)cc([C](C)CF)c1. The molecule has 1 aromatic carbocycles. The molecular formula is C13H17FIO. The highest BCUT2D eigenvalue weighted by Crippen LogP contribution is 2.24. The zero-order valence-corrected chi connectivity index (χ0v) is 11.9. The second-order valence-corrected chi connectivity index (χ2v) is 5.04. The molecule has 1 aromatic rings. The quantitative estimate of drug-likeness (QED) is 0.554. The molecular weight excluding hydrogens is 318 g/mol. The van der Waals surface area contributed by atoms with E-state index in [1.807, 2.05) is 18.2 Å². The molecule has 1 radical (unpaired) electrons. The molecule has 0 amide bonds. The lowest BCUT2D eigenvalue weighted by atomic mass is 10.0. The average molecular weight is 335 g/mol. The van der Waals surface area contributed by atoms with Crippen LogP contribution in [-0.2, 0) is 0 Å². The van der Waals surface area contributed by atoms with Crippen LogP contribution in [0.1, 0.15) is 32.3 Å². The van der Waals surface area contributed by atoms with Crippen molar-refractivity contribution < 1.29 is 9.13 Å². The molecule has 0 saturated carbocycles. The standard InChI is InChI=1S/C13H17FIO/c1-3-4-5-16-13-7-11(10(2)9-14)6-12(15)8-13/h6-8H,3-5,9H2,1-2H3. The molecule has 0 saturated heterocycles. The third-order valence-electron chi connectivity index (χ3n) is 2.33. The molecule has 89 valence electrons. The van der Waals surface area contributed by atoms with Crippen molar-refractivity contribution in [1.82, 2.24) is 0 Å². The smallest absolute Gasteiger partial charge is 0.120 e. The summed E-state index contributed by atoms with van der Waals surface area (Å²) in [5.41, 5.74) is 0.931. The summed E-state index contributed by atoms with van der Waals surface area (Å²) < 4.78 is 19.3. The number of halogens is 2. The molecule has 1 rings (SSSR count). The lowest BCUT2D eigenvalue weighted by molar-refractivity contribution is 0.309. The van der Waals surface area contributed by atoms with Gasteiger partial charge in [-0.05, 0) is 52.8 Å². The van der Waals surface area contributed by atoms with E-state index >= 15 is 0 Å². The Morgan fingerprint density at radius 3 is 2.75 bits per heavy atom. The second-order valence-electron chi connectivity index (χ2n) is 3.79. The van der Waals surface area contributed by atoms with Gasteiger partial charge in [-0.25, -0.2) is 0 Å². The van der Waals surface area contributed by atoms with E-state index in [9.17, 15) is 4.39 Å². The Labute approximate surface area is 111 Å². The first-order valence-corrected chi connectivity index (χ1v) is 6.57. The highest BCUT2D eigenvalue weighted by molar-refractivity contribution is 14.1. The van der Waals surface area contributed by atoms with Crippen molar-refractivity contribution in [3.63, 3.8) is 0 Å². The van der Waals surface area contributed by atoms with Gasteiger partial charge in [0, 0.05) is 9.49 Å². The number of alkyl halides is 1. The van der Waals surface area contributed by atoms with Crippen molar-refractivity contribution in [2.45, 2.75) is 26.7 Å². The summed E-state index contributed by atoms with van der Waals surface area (Å²) in [6.07, 6.45) is 2.17. The number of hydrogen-bond donors (Lipinski definition) is 0. The third-order valence-corrected chi connectivity index (χ3v) is 2.95. The predicted molar refractivity (Wildman–Crippen MR) is 73.6 cm³/mol. The molecule has 0 aliphatic heterocycles. The number of ether oxygens (including phenoxy) is 1. The van der Waals surface area contributed by atoms with Crippen LogP contribution in [0.3, 0.4) is 0 Å². The van der Waals surface area contributed by atoms with Gasteiger partial charge in [0.2, 0.25) is 0 Å². The van der Waals surface area contributed by atoms with Crippen LogP contribution in [0.15, 0.2) is 18.2 Å². The number of unbranched alkanes of at least 4 members (excludes halogenated alkanes) is 1. The molecule has 0 aliphatic rings. The topological polar surface area (TPSA) is 9.23 Å². The van der Waals surface area contributed by atoms with Gasteiger partial charge in [0.05, 0.1) is 13.3 Å². The van der Waals surface area contributed by atoms with Gasteiger partial charge in [-0.2, -0.15) is 0 Å². The Kier molecular flexibility index (Phi) is 6.09. The van der Waals surface area contributed by atoms with Gasteiger partial charge in [-0.1, -0.05) is 20.3 Å². The predicted octanol–water partition coefficient (Wildman–Crippen LogP) is 4.38. The first-order chi connectivity index (χ1) is 7.67. The first-order valence-electron chi connectivity index (χ1n) is 5.49. The highest BCUT2D eigenvalue weighted by Gasteiger charge is 2.08. The van der Waals surface area contributed by atoms with Crippen LogP contribution in [0.25, 0.3) is 0 Å². The minimum Gasteiger partial charge on any atom is -0.494 e. The van der Waals surface area contributed by atoms with E-state index in [2.05, 4.69) is 29.5 Å². The van der Waals surface area contributed by atoms with Gasteiger partial charge in [-0.15, -0.1) is 0 Å². The summed E-state index contributed by atoms with van der Waals surface area (Å²) in [7, 11) is 0. The highest BCUT2D eigenvalue weighted by atomic mass is 127. The molecule has 16 heavy (non-hydrogen) atoms. The molecule has 0 spiro atoms. The molecule has 0 bridgehead atoms. The van der Waals surface area contributed by atoms with Crippen LogP contribution in [0, 0.1) is 9.49 Å². The maximum atomic E-state index is 12.6. The van der Waals surface area contributed by atoms with Gasteiger partial charge in [0.1, 0.15) is 5.75 Å². The molecule has 3 heteroatoms. The zero-order chi connectivity index (χ0) is 12.0. The summed E-state index contributed by atoms with van der Waals surface area (Å²) in [6, 6.07) is 5.86. The van der Waals surface area contributed by atoms with Crippen molar-refractivity contribution in [2.75, 3.05) is 13.3 Å². The lowest BCUT2D eigenvalue weighted by Crippen LogP contribution is -2.01. The fourth-order valence-corrected chi connectivity index (χ4v) is 1.95. The molecule has 0 aliphatic carbocycles. The van der Waals surface area contributed by atoms with E-state index in [1.165, 1.54) is 0 Å². The lowest BCUT2D eigenvalue weighted by Gasteiger charge is -2.11. The van der Waals surface area contributed by atoms with Gasteiger partial charge < -0.3 is 4.74 Å². The minimum atomic E-state index is -0.408. The molecule has 0 unspecified atom stereocenters. The van der Waals surface area contributed by atoms with E-state index < -0.39 is 6.67 Å². The Morgan fingerprint density at radius 2 is 2.12 bits per heavy atom. The first kappa shape index (κ1) is 13.7. The molecule has 0 N–H and O–H groups in total. The summed E-state index contributed by atoms with van der Waals surface area (Å²) in [4.78, 5) is 0. The third kappa shape index (κ3) is 4.28. The summed E-state index contributed by atoms with van der Waals surface area (Å²) in [6.45, 7) is 4.25. The molecule has 0 atom stereocenters. The second kappa shape index (κ2) is 7.09. The Balaban J connectivity index is 2.73. The summed E-state index contributed by atoms with van der Waals surface area (Å²) in [5, 5.41) is 0. The van der Waals surface area contributed by atoms with Crippen LogP contribution in [0.4, 0.5) is 4.39 Å². The number of rotatable bonds is 6. The number of hydrogen-bond acceptors (Lipinski definition) is 1. The van der Waals surface area contributed by atoms with E-state index in [-0.39, 0.29) is 0 Å². The van der Waals surface area contributed by atoms with Crippen LogP contribution < -0.4 is 4.74 Å². The van der Waals surface area contributed by atoms with Crippen molar-refractivity contribution in [1.29, 1.82) is 0 Å². The fraction of sp³-hybridized carbons (Fsp3) is 0.462. The van der Waals surface area contributed by atoms with Gasteiger partial charge in [0.15, 0.2) is 0 Å². The van der Waals surface area contributed by atoms with Crippen LogP contribution in [0.2, 0.25) is 0 Å². The minimum absolute atomic E-state index is 0.408. The maximum absolute atomic E-state index is 12.6. The Hall–Kier alpha value is -0.320. The largest absolute Gasteiger partial charge is 0.494 e. The Bertz CT molecular complexity index is 328. The van der Waals surface area contributed by atoms with E-state index in [4.69, 9.17) is 4.74 Å². The maximum Gasteiger partial charge on any atom is 0.120 e.